The zero-order valence-electron chi connectivity index (χ0n) is 12.4. The minimum absolute atomic E-state index is 0.148. The number of amides is 1. The third-order valence-electron chi connectivity index (χ3n) is 3.19. The maximum absolute atomic E-state index is 12.1. The number of anilines is 1. The Bertz CT molecular complexity index is 854. The minimum Gasteiger partial charge on any atom is -0.301 e. The van der Waals surface area contributed by atoms with Crippen LogP contribution in [0.1, 0.15) is 12.0 Å². The molecule has 2 heterocycles. The lowest BCUT2D eigenvalue weighted by Crippen LogP contribution is -2.12. The number of pyridine rings is 1. The van der Waals surface area contributed by atoms with Crippen molar-refractivity contribution in [3.05, 3.63) is 58.2 Å². The van der Waals surface area contributed by atoms with E-state index in [1.165, 1.54) is 11.3 Å². The van der Waals surface area contributed by atoms with Crippen molar-refractivity contribution < 1.29 is 4.79 Å². The molecule has 0 saturated carbocycles. The zero-order valence-corrected chi connectivity index (χ0v) is 14.7. The molecule has 24 heavy (non-hydrogen) atoms. The number of nitrogens with zero attached hydrogens (tertiary/aromatic N) is 3. The second kappa shape index (κ2) is 7.70. The fourth-order valence-corrected chi connectivity index (χ4v) is 3.26. The van der Waals surface area contributed by atoms with E-state index < -0.39 is 0 Å². The first-order chi connectivity index (χ1) is 11.6. The van der Waals surface area contributed by atoms with Crippen LogP contribution >= 0.6 is 34.5 Å². The van der Waals surface area contributed by atoms with Crippen molar-refractivity contribution in [3.63, 3.8) is 0 Å². The van der Waals surface area contributed by atoms with E-state index in [2.05, 4.69) is 20.5 Å². The Morgan fingerprint density at radius 2 is 2.04 bits per heavy atom. The third kappa shape index (κ3) is 4.29. The molecule has 0 bridgehead atoms. The molecule has 8 heteroatoms. The highest BCUT2D eigenvalue weighted by atomic mass is 35.5. The number of benzene rings is 1. The van der Waals surface area contributed by atoms with Crippen LogP contribution in [0.5, 0.6) is 0 Å². The highest BCUT2D eigenvalue weighted by molar-refractivity contribution is 7.18. The van der Waals surface area contributed by atoms with Crippen LogP contribution in [0.4, 0.5) is 5.13 Å². The van der Waals surface area contributed by atoms with E-state index in [-0.39, 0.29) is 5.91 Å². The van der Waals surface area contributed by atoms with Crippen molar-refractivity contribution >= 4 is 45.6 Å². The fourth-order valence-electron chi connectivity index (χ4n) is 2.02. The molecular weight excluding hydrogens is 367 g/mol. The first-order valence-electron chi connectivity index (χ1n) is 7.10. The molecule has 0 radical (unpaired) electrons. The molecule has 1 aromatic carbocycles. The van der Waals surface area contributed by atoms with Gasteiger partial charge in [0.2, 0.25) is 11.0 Å². The third-order valence-corrected chi connectivity index (χ3v) is 4.64. The van der Waals surface area contributed by atoms with Crippen molar-refractivity contribution in [3.8, 4) is 10.7 Å². The van der Waals surface area contributed by atoms with Crippen LogP contribution in [0.25, 0.3) is 10.7 Å². The van der Waals surface area contributed by atoms with E-state index >= 15 is 0 Å². The highest BCUT2D eigenvalue weighted by Crippen LogP contribution is 2.25. The second-order valence-corrected chi connectivity index (χ2v) is 6.73. The average Bonchev–Trinajstić information content (AvgIpc) is 3.03. The zero-order chi connectivity index (χ0) is 16.9. The molecule has 0 unspecified atom stereocenters. The summed E-state index contributed by atoms with van der Waals surface area (Å²) in [7, 11) is 0. The molecule has 0 aliphatic rings. The molecule has 0 aliphatic carbocycles. The summed E-state index contributed by atoms with van der Waals surface area (Å²) in [4.78, 5) is 16.3. The number of rotatable bonds is 5. The van der Waals surface area contributed by atoms with Crippen LogP contribution in [0, 0.1) is 0 Å². The van der Waals surface area contributed by atoms with Gasteiger partial charge in [-0.25, -0.2) is 0 Å². The van der Waals surface area contributed by atoms with Crippen molar-refractivity contribution in [2.45, 2.75) is 12.8 Å². The Labute approximate surface area is 152 Å². The van der Waals surface area contributed by atoms with Gasteiger partial charge in [-0.05, 0) is 36.2 Å². The summed E-state index contributed by atoms with van der Waals surface area (Å²) in [6.07, 6.45) is 2.50. The molecule has 1 amide bonds. The first-order valence-corrected chi connectivity index (χ1v) is 8.68. The van der Waals surface area contributed by atoms with Gasteiger partial charge in [-0.3, -0.25) is 9.78 Å². The number of halogens is 2. The SMILES string of the molecule is O=C(CCc1ccc(Cl)cc1Cl)Nc1nnc(-c2ccccn2)s1. The van der Waals surface area contributed by atoms with Crippen molar-refractivity contribution in [2.24, 2.45) is 0 Å². The summed E-state index contributed by atoms with van der Waals surface area (Å²) in [5.74, 6) is -0.148. The molecule has 0 aliphatic heterocycles. The van der Waals surface area contributed by atoms with Crippen LogP contribution in [0.3, 0.4) is 0 Å². The van der Waals surface area contributed by atoms with Crippen LogP contribution < -0.4 is 5.32 Å². The molecule has 3 rings (SSSR count). The van der Waals surface area contributed by atoms with Crippen LogP contribution in [0.2, 0.25) is 10.0 Å². The van der Waals surface area contributed by atoms with Gasteiger partial charge in [0.05, 0.1) is 0 Å². The summed E-state index contributed by atoms with van der Waals surface area (Å²) in [6, 6.07) is 10.8. The summed E-state index contributed by atoms with van der Waals surface area (Å²) in [5.41, 5.74) is 1.60. The Kier molecular flexibility index (Phi) is 5.40. The van der Waals surface area contributed by atoms with Crippen LogP contribution in [0.15, 0.2) is 42.6 Å². The van der Waals surface area contributed by atoms with Gasteiger partial charge < -0.3 is 5.32 Å². The summed E-state index contributed by atoms with van der Waals surface area (Å²) in [6.45, 7) is 0. The average molecular weight is 379 g/mol. The van der Waals surface area contributed by atoms with Gasteiger partial charge in [0, 0.05) is 22.7 Å². The molecular formula is C16H12Cl2N4OS. The largest absolute Gasteiger partial charge is 0.301 e. The van der Waals surface area contributed by atoms with Crippen molar-refractivity contribution in [2.75, 3.05) is 5.32 Å². The molecule has 2 aromatic heterocycles. The van der Waals surface area contributed by atoms with E-state index in [9.17, 15) is 4.79 Å². The van der Waals surface area contributed by atoms with Gasteiger partial charge in [0.15, 0.2) is 5.01 Å². The van der Waals surface area contributed by atoms with E-state index in [0.29, 0.717) is 33.0 Å². The molecule has 0 spiro atoms. The lowest BCUT2D eigenvalue weighted by atomic mass is 10.1. The Morgan fingerprint density at radius 1 is 1.17 bits per heavy atom. The number of hydrogen-bond donors (Lipinski definition) is 1. The number of nitrogens with one attached hydrogen (secondary N) is 1. The molecule has 122 valence electrons. The van der Waals surface area contributed by atoms with E-state index in [0.717, 1.165) is 11.3 Å². The molecule has 1 N–H and O–H groups in total. The summed E-state index contributed by atoms with van der Waals surface area (Å²) >= 11 is 13.2. The number of hydrogen-bond acceptors (Lipinski definition) is 5. The maximum atomic E-state index is 12.1. The van der Waals surface area contributed by atoms with Gasteiger partial charge in [-0.1, -0.05) is 46.7 Å². The van der Waals surface area contributed by atoms with Crippen molar-refractivity contribution in [1.82, 2.24) is 15.2 Å². The molecule has 0 fully saturated rings. The van der Waals surface area contributed by atoms with Crippen LogP contribution in [-0.2, 0) is 11.2 Å². The predicted octanol–water partition coefficient (Wildman–Crippen LogP) is 4.48. The molecule has 0 saturated heterocycles. The monoisotopic (exact) mass is 378 g/mol. The topological polar surface area (TPSA) is 67.8 Å². The lowest BCUT2D eigenvalue weighted by Gasteiger charge is -2.04. The molecule has 3 aromatic rings. The summed E-state index contributed by atoms with van der Waals surface area (Å²) < 4.78 is 0. The lowest BCUT2D eigenvalue weighted by molar-refractivity contribution is -0.116. The number of carbonyl (C=O) groups excluding carboxylic acids is 1. The Morgan fingerprint density at radius 3 is 2.79 bits per heavy atom. The van der Waals surface area contributed by atoms with E-state index in [1.807, 2.05) is 24.3 Å². The van der Waals surface area contributed by atoms with Gasteiger partial charge in [0.1, 0.15) is 5.69 Å². The standard InChI is InChI=1S/C16H12Cl2N4OS/c17-11-6-4-10(12(18)9-11)5-7-14(23)20-16-22-21-15(24-16)13-3-1-2-8-19-13/h1-4,6,8-9H,5,7H2,(H,20,22,23). The van der Waals surface area contributed by atoms with E-state index in [4.69, 9.17) is 23.2 Å². The summed E-state index contributed by atoms with van der Waals surface area (Å²) in [5, 5.41) is 13.0. The van der Waals surface area contributed by atoms with E-state index in [1.54, 1.807) is 18.3 Å². The highest BCUT2D eigenvalue weighted by Gasteiger charge is 2.11. The van der Waals surface area contributed by atoms with Gasteiger partial charge in [0.25, 0.3) is 0 Å². The fraction of sp³-hybridized carbons (Fsp3) is 0.125. The number of aromatic nitrogens is 3. The Hall–Kier alpha value is -2.02. The number of aryl methyl sites for hydroxylation is 1. The first kappa shape index (κ1) is 16.8. The maximum Gasteiger partial charge on any atom is 0.226 e. The van der Waals surface area contributed by atoms with Gasteiger partial charge in [-0.15, -0.1) is 10.2 Å². The second-order valence-electron chi connectivity index (χ2n) is 4.91. The predicted molar refractivity (Wildman–Crippen MR) is 96.6 cm³/mol. The Balaban J connectivity index is 1.58. The van der Waals surface area contributed by atoms with Gasteiger partial charge in [-0.2, -0.15) is 0 Å². The van der Waals surface area contributed by atoms with Gasteiger partial charge >= 0.3 is 0 Å². The normalized spacial score (nSPS) is 10.6. The minimum atomic E-state index is -0.148. The molecule has 5 nitrogen and oxygen atoms in total. The van der Waals surface area contributed by atoms with Crippen LogP contribution in [-0.4, -0.2) is 21.1 Å². The molecule has 0 atom stereocenters. The quantitative estimate of drug-likeness (QED) is 0.710. The smallest absolute Gasteiger partial charge is 0.226 e. The number of carbonyl (C=O) groups is 1. The van der Waals surface area contributed by atoms with Crippen molar-refractivity contribution in [1.29, 1.82) is 0 Å².